The zero-order chi connectivity index (χ0) is 24.6. The number of terminal acetylenes is 1. The van der Waals surface area contributed by atoms with Crippen LogP contribution in [0.5, 0.6) is 0 Å². The van der Waals surface area contributed by atoms with Gasteiger partial charge >= 0.3 is 0 Å². The summed E-state index contributed by atoms with van der Waals surface area (Å²) < 4.78 is 0. The van der Waals surface area contributed by atoms with Gasteiger partial charge in [-0.2, -0.15) is 5.26 Å². The average molecular weight is 454 g/mol. The minimum atomic E-state index is 0.0927. The number of anilines is 1. The van der Waals surface area contributed by atoms with Crippen molar-refractivity contribution in [3.63, 3.8) is 0 Å². The summed E-state index contributed by atoms with van der Waals surface area (Å²) in [5, 5.41) is 10.6. The number of nitrogens with two attached hydrogens (primary N) is 1. The zero-order valence-electron chi connectivity index (χ0n) is 19.7. The van der Waals surface area contributed by atoms with E-state index in [1.165, 1.54) is 0 Å². The first-order valence-corrected chi connectivity index (χ1v) is 11.1. The van der Waals surface area contributed by atoms with Crippen LogP contribution in [-0.2, 0) is 9.59 Å². The number of rotatable bonds is 4. The number of hydrogen-bond donors (Lipinski definition) is 2. The van der Waals surface area contributed by atoms with Crippen LogP contribution in [0.15, 0.2) is 29.3 Å². The van der Waals surface area contributed by atoms with Gasteiger partial charge in [0.1, 0.15) is 0 Å². The van der Waals surface area contributed by atoms with Crippen molar-refractivity contribution in [3.8, 4) is 19.0 Å². The number of aliphatic imine (C=N–C) groups is 1. The van der Waals surface area contributed by atoms with E-state index in [-0.39, 0.29) is 17.8 Å². The first kappa shape index (κ1) is 27.3. The Kier molecular flexibility index (Phi) is 12.5. The summed E-state index contributed by atoms with van der Waals surface area (Å²) in [6, 6.07) is 7.53. The van der Waals surface area contributed by atoms with E-state index in [2.05, 4.69) is 23.2 Å². The molecule has 2 aliphatic heterocycles. The Hall–Kier alpha value is -3.72. The Bertz CT molecular complexity index is 835. The van der Waals surface area contributed by atoms with Crippen molar-refractivity contribution in [2.75, 3.05) is 45.2 Å². The van der Waals surface area contributed by atoms with Crippen LogP contribution in [0.25, 0.3) is 0 Å². The van der Waals surface area contributed by atoms with Crippen molar-refractivity contribution in [2.24, 2.45) is 10.7 Å². The smallest absolute Gasteiger partial charge is 0.242 e. The molecule has 0 spiro atoms. The fourth-order valence-electron chi connectivity index (χ4n) is 3.49. The molecule has 9 heteroatoms. The molecule has 0 aromatic heterocycles. The molecule has 3 rings (SSSR count). The molecule has 0 unspecified atom stereocenters. The summed E-state index contributed by atoms with van der Waals surface area (Å²) in [4.78, 5) is 33.2. The Balaban J connectivity index is 0.000000308. The predicted molar refractivity (Wildman–Crippen MR) is 132 cm³/mol. The molecule has 2 fully saturated rings. The van der Waals surface area contributed by atoms with Crippen LogP contribution in [0.4, 0.5) is 11.4 Å². The standard InChI is InChI=1S/C12H20N2O2.C10H13N5.C2H2/c15-11-6-2-1-3-9-14(11)10-12(16)13-7-4-5-8-13;1-15(2)9-5-3-8(4-6-9)14-10(12)13-7-11;1-2/h1-10H2;3-6H,1-2H3,(H3,12,13,14);1-2H. The Labute approximate surface area is 197 Å². The summed E-state index contributed by atoms with van der Waals surface area (Å²) in [6.07, 6.45) is 15.7. The zero-order valence-corrected chi connectivity index (χ0v) is 19.7. The second kappa shape index (κ2) is 15.1. The average Bonchev–Trinajstić information content (AvgIpc) is 3.28. The van der Waals surface area contributed by atoms with Gasteiger partial charge in [0.25, 0.3) is 0 Å². The summed E-state index contributed by atoms with van der Waals surface area (Å²) in [5.41, 5.74) is 7.21. The van der Waals surface area contributed by atoms with Crippen molar-refractivity contribution >= 4 is 29.1 Å². The predicted octanol–water partition coefficient (Wildman–Crippen LogP) is 2.03. The van der Waals surface area contributed by atoms with Crippen LogP contribution in [0.1, 0.15) is 38.5 Å². The highest BCUT2D eigenvalue weighted by Crippen LogP contribution is 2.17. The number of guanidine groups is 1. The molecule has 1 aromatic rings. The second-order valence-corrected chi connectivity index (χ2v) is 7.86. The molecule has 2 heterocycles. The minimum Gasteiger partial charge on any atom is -0.378 e. The molecule has 2 amide bonds. The number of nitriles is 1. The minimum absolute atomic E-state index is 0.0927. The Morgan fingerprint density at radius 1 is 1.12 bits per heavy atom. The normalized spacial score (nSPS) is 15.7. The third-order valence-corrected chi connectivity index (χ3v) is 5.26. The van der Waals surface area contributed by atoms with E-state index < -0.39 is 0 Å². The molecule has 0 saturated carbocycles. The van der Waals surface area contributed by atoms with Crippen molar-refractivity contribution in [1.82, 2.24) is 15.1 Å². The van der Waals surface area contributed by atoms with E-state index >= 15 is 0 Å². The lowest BCUT2D eigenvalue weighted by molar-refractivity contribution is -0.139. The maximum Gasteiger partial charge on any atom is 0.242 e. The van der Waals surface area contributed by atoms with Gasteiger partial charge in [0.05, 0.1) is 12.2 Å². The van der Waals surface area contributed by atoms with E-state index in [0.717, 1.165) is 57.4 Å². The van der Waals surface area contributed by atoms with E-state index in [9.17, 15) is 9.59 Å². The summed E-state index contributed by atoms with van der Waals surface area (Å²) in [5.74, 6) is 0.382. The highest BCUT2D eigenvalue weighted by atomic mass is 16.2. The van der Waals surface area contributed by atoms with Crippen LogP contribution < -0.4 is 16.0 Å². The summed E-state index contributed by atoms with van der Waals surface area (Å²) >= 11 is 0. The number of carbonyl (C=O) groups excluding carboxylic acids is 2. The molecule has 0 radical (unpaired) electrons. The summed E-state index contributed by atoms with van der Waals surface area (Å²) in [6.45, 7) is 2.82. The number of nitrogens with zero attached hydrogens (tertiary/aromatic N) is 5. The van der Waals surface area contributed by atoms with Crippen LogP contribution >= 0.6 is 0 Å². The van der Waals surface area contributed by atoms with Gasteiger partial charge in [-0.25, -0.2) is 4.99 Å². The first-order chi connectivity index (χ1) is 15.9. The van der Waals surface area contributed by atoms with Gasteiger partial charge < -0.3 is 20.4 Å². The maximum absolute atomic E-state index is 11.9. The number of hydrogen-bond acceptors (Lipinski definition) is 5. The number of benzene rings is 1. The Morgan fingerprint density at radius 3 is 2.30 bits per heavy atom. The topological polar surface area (TPSA) is 118 Å². The van der Waals surface area contributed by atoms with Gasteiger partial charge in [-0.05, 0) is 49.9 Å². The molecule has 33 heavy (non-hydrogen) atoms. The molecule has 2 saturated heterocycles. The number of carbonyl (C=O) groups is 2. The third kappa shape index (κ3) is 9.96. The van der Waals surface area contributed by atoms with Crippen molar-refractivity contribution in [3.05, 3.63) is 24.3 Å². The molecular weight excluding hydrogens is 418 g/mol. The molecule has 1 aromatic carbocycles. The van der Waals surface area contributed by atoms with Gasteiger partial charge in [0, 0.05) is 45.8 Å². The molecule has 9 nitrogen and oxygen atoms in total. The van der Waals surface area contributed by atoms with Crippen LogP contribution in [0.2, 0.25) is 0 Å². The van der Waals surface area contributed by atoms with Crippen LogP contribution in [-0.4, -0.2) is 67.8 Å². The molecule has 0 atom stereocenters. The van der Waals surface area contributed by atoms with Gasteiger partial charge in [0.2, 0.25) is 17.8 Å². The first-order valence-electron chi connectivity index (χ1n) is 11.1. The quantitative estimate of drug-likeness (QED) is 0.237. The lowest BCUT2D eigenvalue weighted by atomic mass is 10.2. The fraction of sp³-hybridized carbons (Fsp3) is 0.500. The number of amides is 2. The molecule has 0 bridgehead atoms. The molecular formula is C24H35N7O2. The van der Waals surface area contributed by atoms with E-state index in [1.807, 2.05) is 48.2 Å². The second-order valence-electron chi connectivity index (χ2n) is 7.86. The fourth-order valence-corrected chi connectivity index (χ4v) is 3.49. The van der Waals surface area contributed by atoms with E-state index in [0.29, 0.717) is 18.7 Å². The summed E-state index contributed by atoms with van der Waals surface area (Å²) in [7, 11) is 3.92. The highest BCUT2D eigenvalue weighted by molar-refractivity contribution is 5.85. The number of likely N-dealkylation sites (tertiary alicyclic amines) is 2. The van der Waals surface area contributed by atoms with Crippen LogP contribution in [0, 0.1) is 24.3 Å². The van der Waals surface area contributed by atoms with Gasteiger partial charge in [0.15, 0.2) is 6.19 Å². The maximum atomic E-state index is 11.9. The van der Waals surface area contributed by atoms with Crippen molar-refractivity contribution < 1.29 is 9.59 Å². The molecule has 0 aliphatic carbocycles. The number of nitrogens with one attached hydrogen (secondary N) is 1. The molecule has 2 aliphatic rings. The van der Waals surface area contributed by atoms with Crippen molar-refractivity contribution in [1.29, 1.82) is 5.26 Å². The van der Waals surface area contributed by atoms with E-state index in [1.54, 1.807) is 11.1 Å². The highest BCUT2D eigenvalue weighted by Gasteiger charge is 2.23. The van der Waals surface area contributed by atoms with Gasteiger partial charge in [-0.3, -0.25) is 14.9 Å². The van der Waals surface area contributed by atoms with Crippen molar-refractivity contribution in [2.45, 2.75) is 38.5 Å². The lowest BCUT2D eigenvalue weighted by Gasteiger charge is -2.23. The van der Waals surface area contributed by atoms with Gasteiger partial charge in [-0.15, -0.1) is 12.8 Å². The monoisotopic (exact) mass is 453 g/mol. The third-order valence-electron chi connectivity index (χ3n) is 5.26. The molecule has 178 valence electrons. The molecule has 3 N–H and O–H groups in total. The Morgan fingerprint density at radius 2 is 1.73 bits per heavy atom. The largest absolute Gasteiger partial charge is 0.378 e. The lowest BCUT2D eigenvalue weighted by Crippen LogP contribution is -2.41. The van der Waals surface area contributed by atoms with E-state index in [4.69, 9.17) is 11.0 Å². The van der Waals surface area contributed by atoms with Crippen LogP contribution in [0.3, 0.4) is 0 Å². The van der Waals surface area contributed by atoms with Gasteiger partial charge in [-0.1, -0.05) is 6.42 Å². The SMILES string of the molecule is C#C.CN(C)c1ccc(N=C(N)NC#N)cc1.O=C(CN1CCCCCC1=O)N1CCCC1.